The lowest BCUT2D eigenvalue weighted by molar-refractivity contribution is 0.220. The van der Waals surface area contributed by atoms with Crippen molar-refractivity contribution in [1.29, 1.82) is 0 Å². The van der Waals surface area contributed by atoms with E-state index in [1.54, 1.807) is 0 Å². The Morgan fingerprint density at radius 2 is 1.65 bits per heavy atom. The normalized spacial score (nSPS) is 12.5. The molecule has 0 radical (unpaired) electrons. The second kappa shape index (κ2) is 5.19. The Bertz CT molecular complexity index is 534. The van der Waals surface area contributed by atoms with Crippen molar-refractivity contribution in [3.05, 3.63) is 68.3 Å². The van der Waals surface area contributed by atoms with Crippen LogP contribution in [0.4, 0.5) is 0 Å². The van der Waals surface area contributed by atoms with Crippen molar-refractivity contribution in [3.63, 3.8) is 0 Å². The van der Waals surface area contributed by atoms with E-state index in [1.807, 2.05) is 30.3 Å². The van der Waals surface area contributed by atoms with E-state index in [9.17, 15) is 5.11 Å². The first-order valence-corrected chi connectivity index (χ1v) is 6.66. The largest absolute Gasteiger partial charge is 0.384 e. The van der Waals surface area contributed by atoms with Gasteiger partial charge in [0.25, 0.3) is 0 Å². The van der Waals surface area contributed by atoms with Crippen molar-refractivity contribution < 1.29 is 5.11 Å². The third-order valence-corrected chi connectivity index (χ3v) is 3.68. The topological polar surface area (TPSA) is 20.2 Å². The number of aliphatic hydroxyl groups excluding tert-OH is 1. The van der Waals surface area contributed by atoms with Crippen molar-refractivity contribution in [2.45, 2.75) is 20.0 Å². The van der Waals surface area contributed by atoms with Crippen LogP contribution in [0.15, 0.2) is 42.5 Å². The van der Waals surface area contributed by atoms with Gasteiger partial charge in [0.05, 0.1) is 0 Å². The van der Waals surface area contributed by atoms with E-state index in [0.717, 1.165) is 14.7 Å². The second-order valence-corrected chi connectivity index (χ2v) is 5.55. The van der Waals surface area contributed by atoms with Crippen molar-refractivity contribution in [2.75, 3.05) is 0 Å². The molecule has 17 heavy (non-hydrogen) atoms. The van der Waals surface area contributed by atoms with Crippen molar-refractivity contribution in [2.24, 2.45) is 0 Å². The highest BCUT2D eigenvalue weighted by Gasteiger charge is 2.11. The van der Waals surface area contributed by atoms with Crippen molar-refractivity contribution in [1.82, 2.24) is 0 Å². The molecular formula is C15H15IO. The second-order valence-electron chi connectivity index (χ2n) is 4.30. The highest BCUT2D eigenvalue weighted by Crippen LogP contribution is 2.24. The Morgan fingerprint density at radius 3 is 2.29 bits per heavy atom. The SMILES string of the molecule is Cc1ccc(C(O)c2cccc(I)c2)cc1C. The number of hydrogen-bond acceptors (Lipinski definition) is 1. The Kier molecular flexibility index (Phi) is 3.84. The van der Waals surface area contributed by atoms with Crippen molar-refractivity contribution in [3.8, 4) is 0 Å². The molecule has 0 heterocycles. The molecule has 2 heteroatoms. The summed E-state index contributed by atoms with van der Waals surface area (Å²) in [6, 6.07) is 14.1. The quantitative estimate of drug-likeness (QED) is 0.821. The molecule has 0 spiro atoms. The summed E-state index contributed by atoms with van der Waals surface area (Å²) in [5.41, 5.74) is 4.37. The molecule has 1 nitrogen and oxygen atoms in total. The first-order chi connectivity index (χ1) is 8.08. The van der Waals surface area contributed by atoms with E-state index >= 15 is 0 Å². The fourth-order valence-corrected chi connectivity index (χ4v) is 2.37. The molecule has 0 saturated carbocycles. The van der Waals surface area contributed by atoms with Gasteiger partial charge in [0.15, 0.2) is 0 Å². The zero-order valence-electron chi connectivity index (χ0n) is 9.94. The number of halogens is 1. The van der Waals surface area contributed by atoms with Gasteiger partial charge in [-0.25, -0.2) is 0 Å². The van der Waals surface area contributed by atoms with Crippen LogP contribution in [0, 0.1) is 17.4 Å². The van der Waals surface area contributed by atoms with Crippen LogP contribution >= 0.6 is 22.6 Å². The van der Waals surface area contributed by atoms with Crippen LogP contribution in [-0.4, -0.2) is 5.11 Å². The molecule has 2 rings (SSSR count). The Hall–Kier alpha value is -0.870. The molecular weight excluding hydrogens is 323 g/mol. The lowest BCUT2D eigenvalue weighted by Gasteiger charge is -2.13. The van der Waals surface area contributed by atoms with Gasteiger partial charge in [-0.1, -0.05) is 30.3 Å². The Labute approximate surface area is 116 Å². The summed E-state index contributed by atoms with van der Waals surface area (Å²) in [4.78, 5) is 0. The molecule has 0 amide bonds. The van der Waals surface area contributed by atoms with E-state index in [1.165, 1.54) is 11.1 Å². The zero-order valence-corrected chi connectivity index (χ0v) is 12.1. The summed E-state index contributed by atoms with van der Waals surface area (Å²) in [6.07, 6.45) is -0.538. The number of aryl methyl sites for hydroxylation is 2. The molecule has 88 valence electrons. The minimum Gasteiger partial charge on any atom is -0.384 e. The van der Waals surface area contributed by atoms with E-state index in [2.05, 4.69) is 48.6 Å². The number of hydrogen-bond donors (Lipinski definition) is 1. The van der Waals surface area contributed by atoms with Gasteiger partial charge in [0, 0.05) is 3.57 Å². The summed E-state index contributed by atoms with van der Waals surface area (Å²) < 4.78 is 1.14. The molecule has 1 atom stereocenters. The standard InChI is InChI=1S/C15H15IO/c1-10-6-7-13(8-11(10)2)15(17)12-4-3-5-14(16)9-12/h3-9,15,17H,1-2H3. The maximum atomic E-state index is 10.3. The molecule has 0 aromatic heterocycles. The van der Waals surface area contributed by atoms with Gasteiger partial charge in [0.1, 0.15) is 6.10 Å². The summed E-state index contributed by atoms with van der Waals surface area (Å²) >= 11 is 2.26. The van der Waals surface area contributed by atoms with Crippen LogP contribution in [-0.2, 0) is 0 Å². The summed E-state index contributed by atoms with van der Waals surface area (Å²) in [5, 5.41) is 10.3. The van der Waals surface area contributed by atoms with E-state index in [4.69, 9.17) is 0 Å². The van der Waals surface area contributed by atoms with E-state index in [-0.39, 0.29) is 0 Å². The number of benzene rings is 2. The molecule has 1 unspecified atom stereocenters. The summed E-state index contributed by atoms with van der Waals surface area (Å²) in [5.74, 6) is 0. The third kappa shape index (κ3) is 2.87. The Balaban J connectivity index is 2.36. The zero-order chi connectivity index (χ0) is 12.4. The average molecular weight is 338 g/mol. The minimum absolute atomic E-state index is 0.538. The minimum atomic E-state index is -0.538. The van der Waals surface area contributed by atoms with Crippen LogP contribution in [0.25, 0.3) is 0 Å². The molecule has 2 aromatic carbocycles. The average Bonchev–Trinajstić information content (AvgIpc) is 2.32. The lowest BCUT2D eigenvalue weighted by Crippen LogP contribution is -2.00. The molecule has 2 aromatic rings. The lowest BCUT2D eigenvalue weighted by atomic mass is 9.98. The van der Waals surface area contributed by atoms with Gasteiger partial charge in [-0.2, -0.15) is 0 Å². The molecule has 0 fully saturated rings. The van der Waals surface area contributed by atoms with Crippen molar-refractivity contribution >= 4 is 22.6 Å². The first-order valence-electron chi connectivity index (χ1n) is 5.58. The Morgan fingerprint density at radius 1 is 0.941 bits per heavy atom. The van der Waals surface area contributed by atoms with Crippen LogP contribution in [0.3, 0.4) is 0 Å². The molecule has 0 aliphatic rings. The first kappa shape index (κ1) is 12.6. The highest BCUT2D eigenvalue weighted by atomic mass is 127. The predicted molar refractivity (Wildman–Crippen MR) is 79.1 cm³/mol. The van der Waals surface area contributed by atoms with Crippen LogP contribution < -0.4 is 0 Å². The van der Waals surface area contributed by atoms with Gasteiger partial charge in [-0.15, -0.1) is 0 Å². The van der Waals surface area contributed by atoms with Gasteiger partial charge in [0.2, 0.25) is 0 Å². The third-order valence-electron chi connectivity index (χ3n) is 3.01. The highest BCUT2D eigenvalue weighted by molar-refractivity contribution is 14.1. The monoisotopic (exact) mass is 338 g/mol. The molecule has 1 N–H and O–H groups in total. The number of rotatable bonds is 2. The molecule has 0 aliphatic carbocycles. The van der Waals surface area contributed by atoms with E-state index < -0.39 is 6.10 Å². The smallest absolute Gasteiger partial charge is 0.104 e. The fraction of sp³-hybridized carbons (Fsp3) is 0.200. The molecule has 0 saturated heterocycles. The van der Waals surface area contributed by atoms with Gasteiger partial charge in [-0.3, -0.25) is 0 Å². The molecule has 0 bridgehead atoms. The fourth-order valence-electron chi connectivity index (χ4n) is 1.80. The predicted octanol–water partition coefficient (Wildman–Crippen LogP) is 3.99. The maximum Gasteiger partial charge on any atom is 0.104 e. The van der Waals surface area contributed by atoms with E-state index in [0.29, 0.717) is 0 Å². The maximum absolute atomic E-state index is 10.3. The van der Waals surface area contributed by atoms with Crippen LogP contribution in [0.1, 0.15) is 28.4 Å². The summed E-state index contributed by atoms with van der Waals surface area (Å²) in [6.45, 7) is 4.15. The van der Waals surface area contributed by atoms with Gasteiger partial charge < -0.3 is 5.11 Å². The summed E-state index contributed by atoms with van der Waals surface area (Å²) in [7, 11) is 0. The van der Waals surface area contributed by atoms with Gasteiger partial charge >= 0.3 is 0 Å². The molecule has 0 aliphatic heterocycles. The van der Waals surface area contributed by atoms with Crippen LogP contribution in [0.2, 0.25) is 0 Å². The van der Waals surface area contributed by atoms with Gasteiger partial charge in [-0.05, 0) is 70.8 Å². The number of aliphatic hydroxyl groups is 1. The van der Waals surface area contributed by atoms with Crippen LogP contribution in [0.5, 0.6) is 0 Å².